The Labute approximate surface area is 202 Å². The van der Waals surface area contributed by atoms with Crippen LogP contribution in [0.25, 0.3) is 0 Å². The Morgan fingerprint density at radius 3 is 2.06 bits per heavy atom. The van der Waals surface area contributed by atoms with E-state index in [0.717, 1.165) is 4.42 Å². The lowest BCUT2D eigenvalue weighted by Crippen LogP contribution is -2.36. The predicted molar refractivity (Wildman–Crippen MR) is 126 cm³/mol. The number of methoxy groups -OCH3 is 2. The van der Waals surface area contributed by atoms with E-state index in [0.29, 0.717) is 29.7 Å². The van der Waals surface area contributed by atoms with Gasteiger partial charge in [0.1, 0.15) is 22.9 Å². The van der Waals surface area contributed by atoms with Gasteiger partial charge in [-0.25, -0.2) is 4.42 Å². The Kier molecular flexibility index (Phi) is 9.74. The summed E-state index contributed by atoms with van der Waals surface area (Å²) < 4.78 is 22.5. The molecule has 9 nitrogen and oxygen atoms in total. The molecular formula is C22H25Cl2N3O6. The molecule has 0 aliphatic carbocycles. The van der Waals surface area contributed by atoms with Crippen molar-refractivity contribution >= 4 is 46.4 Å². The maximum atomic E-state index is 13.2. The van der Waals surface area contributed by atoms with Gasteiger partial charge in [0, 0.05) is 11.8 Å². The summed E-state index contributed by atoms with van der Waals surface area (Å²) in [7, 11) is 2.82. The number of anilines is 1. The molecule has 11 heteroatoms. The molecule has 0 N–H and O–H groups in total. The largest absolute Gasteiger partial charge is 0.491 e. The molecule has 0 aliphatic heterocycles. The van der Waals surface area contributed by atoms with Crippen molar-refractivity contribution in [3.8, 4) is 23.0 Å². The molecule has 2 rings (SSSR count). The average molecular weight is 498 g/mol. The lowest BCUT2D eigenvalue weighted by Gasteiger charge is -2.22. The molecule has 0 aromatic heterocycles. The van der Waals surface area contributed by atoms with Crippen molar-refractivity contribution < 1.29 is 28.5 Å². The molecule has 0 radical (unpaired) electrons. The molecule has 2 aromatic carbocycles. The number of hydrogen-bond donors (Lipinski definition) is 0. The van der Waals surface area contributed by atoms with Crippen molar-refractivity contribution in [3.63, 3.8) is 0 Å². The third-order valence-electron chi connectivity index (χ3n) is 4.30. The average Bonchev–Trinajstić information content (AvgIpc) is 2.79. The van der Waals surface area contributed by atoms with Crippen LogP contribution in [0.2, 0.25) is 5.02 Å². The molecule has 2 aromatic rings. The summed E-state index contributed by atoms with van der Waals surface area (Å²) in [6, 6.07) is 6.50. The maximum absolute atomic E-state index is 13.2. The molecule has 178 valence electrons. The zero-order valence-corrected chi connectivity index (χ0v) is 20.4. The minimum atomic E-state index is -1.53. The van der Waals surface area contributed by atoms with Crippen LogP contribution in [0.4, 0.5) is 11.4 Å². The summed E-state index contributed by atoms with van der Waals surface area (Å²) in [4.78, 5) is 25.5. The van der Waals surface area contributed by atoms with Crippen LogP contribution in [0.5, 0.6) is 23.0 Å². The minimum Gasteiger partial charge on any atom is -0.491 e. The van der Waals surface area contributed by atoms with Gasteiger partial charge in [-0.1, -0.05) is 17.7 Å². The summed E-state index contributed by atoms with van der Waals surface area (Å²) in [6.07, 6.45) is 0. The fraction of sp³-hybridized carbons (Fsp3) is 0.364. The monoisotopic (exact) mass is 497 g/mol. The molecule has 1 atom stereocenters. The molecule has 1 amide bonds. The van der Waals surface area contributed by atoms with E-state index in [9.17, 15) is 9.59 Å². The van der Waals surface area contributed by atoms with Crippen molar-refractivity contribution in [3.05, 3.63) is 35.4 Å². The second-order valence-corrected chi connectivity index (χ2v) is 7.19. The number of halogens is 2. The summed E-state index contributed by atoms with van der Waals surface area (Å²) in [6.45, 7) is 5.45. The molecule has 0 saturated heterocycles. The van der Waals surface area contributed by atoms with Crippen LogP contribution in [0.3, 0.4) is 0 Å². The van der Waals surface area contributed by atoms with E-state index in [2.05, 4.69) is 10.2 Å². The number of amides is 1. The number of para-hydroxylation sites is 1. The highest BCUT2D eigenvalue weighted by Crippen LogP contribution is 2.43. The smallest absolute Gasteiger partial charge is 0.276 e. The molecular weight excluding hydrogens is 473 g/mol. The topological polar surface area (TPSA) is 99.0 Å². The van der Waals surface area contributed by atoms with Crippen LogP contribution in [0.15, 0.2) is 40.6 Å². The minimum absolute atomic E-state index is 0.167. The summed E-state index contributed by atoms with van der Waals surface area (Å²) in [5.74, 6) is -0.328. The van der Waals surface area contributed by atoms with Crippen molar-refractivity contribution in [1.82, 2.24) is 0 Å². The van der Waals surface area contributed by atoms with E-state index in [1.54, 1.807) is 32.0 Å². The van der Waals surface area contributed by atoms with E-state index >= 15 is 0 Å². The van der Waals surface area contributed by atoms with Crippen molar-refractivity contribution in [2.75, 3.05) is 31.9 Å². The van der Waals surface area contributed by atoms with Crippen LogP contribution in [0, 0.1) is 0 Å². The van der Waals surface area contributed by atoms with E-state index in [1.165, 1.54) is 33.3 Å². The van der Waals surface area contributed by atoms with Crippen LogP contribution in [0.1, 0.15) is 20.8 Å². The number of rotatable bonds is 11. The number of carbonyl (C=O) groups is 2. The number of hydrogen-bond acceptors (Lipinski definition) is 8. The summed E-state index contributed by atoms with van der Waals surface area (Å²) in [5.41, 5.74) is 0.378. The molecule has 0 bridgehead atoms. The molecule has 0 saturated carbocycles. The van der Waals surface area contributed by atoms with Gasteiger partial charge in [0.2, 0.25) is 6.04 Å². The van der Waals surface area contributed by atoms with Crippen molar-refractivity contribution in [2.45, 2.75) is 26.8 Å². The van der Waals surface area contributed by atoms with Gasteiger partial charge >= 0.3 is 0 Å². The lowest BCUT2D eigenvalue weighted by molar-refractivity contribution is -0.126. The van der Waals surface area contributed by atoms with Crippen LogP contribution in [-0.2, 0) is 9.59 Å². The molecule has 0 heterocycles. The predicted octanol–water partition coefficient (Wildman–Crippen LogP) is 5.38. The third kappa shape index (κ3) is 6.06. The highest BCUT2D eigenvalue weighted by atomic mass is 35.5. The van der Waals surface area contributed by atoms with Gasteiger partial charge in [-0.05, 0) is 45.0 Å². The SMILES string of the molecule is CCOc1cccc(OCC)c1N(Cl)C(=O)C(N=Nc1ccc(Cl)c(OC)c1OC)C(C)=O. The maximum Gasteiger partial charge on any atom is 0.276 e. The van der Waals surface area contributed by atoms with E-state index in [4.69, 9.17) is 42.3 Å². The fourth-order valence-corrected chi connectivity index (χ4v) is 3.36. The fourth-order valence-electron chi connectivity index (χ4n) is 2.88. The molecule has 0 aliphatic rings. The number of Topliss-reactive ketones (excluding diaryl/α,β-unsaturated/α-hetero) is 1. The van der Waals surface area contributed by atoms with Crippen LogP contribution >= 0.6 is 23.4 Å². The number of ketones is 1. The summed E-state index contributed by atoms with van der Waals surface area (Å²) in [5, 5.41) is 8.28. The number of nitrogens with zero attached hydrogens (tertiary/aromatic N) is 3. The van der Waals surface area contributed by atoms with Crippen molar-refractivity contribution in [1.29, 1.82) is 0 Å². The number of benzene rings is 2. The van der Waals surface area contributed by atoms with Gasteiger partial charge in [-0.15, -0.1) is 0 Å². The van der Waals surface area contributed by atoms with Gasteiger partial charge < -0.3 is 18.9 Å². The molecule has 33 heavy (non-hydrogen) atoms. The van der Waals surface area contributed by atoms with Crippen molar-refractivity contribution in [2.24, 2.45) is 10.2 Å². The van der Waals surface area contributed by atoms with Gasteiger partial charge in [-0.3, -0.25) is 9.59 Å². The first kappa shape index (κ1) is 26.2. The van der Waals surface area contributed by atoms with Gasteiger partial charge in [-0.2, -0.15) is 10.2 Å². The second kappa shape index (κ2) is 12.3. The highest BCUT2D eigenvalue weighted by Gasteiger charge is 2.32. The standard InChI is InChI=1S/C22H25Cl2N3O6/c1-6-32-16-9-8-10-17(33-7-2)19(16)27(24)22(29)18(13(3)28)26-25-15-12-11-14(23)20(30-4)21(15)31-5/h8-12,18H,6-7H2,1-5H3. The Bertz CT molecular complexity index is 1010. The molecule has 0 spiro atoms. The Morgan fingerprint density at radius 2 is 1.58 bits per heavy atom. The molecule has 1 unspecified atom stereocenters. The van der Waals surface area contributed by atoms with Crippen LogP contribution < -0.4 is 23.4 Å². The third-order valence-corrected chi connectivity index (χ3v) is 4.94. The number of ether oxygens (including phenoxy) is 4. The van der Waals surface area contributed by atoms with Crippen LogP contribution in [-0.4, -0.2) is 45.2 Å². The van der Waals surface area contributed by atoms with E-state index in [-0.39, 0.29) is 22.9 Å². The highest BCUT2D eigenvalue weighted by molar-refractivity contribution is 6.40. The zero-order chi connectivity index (χ0) is 24.5. The number of carbonyl (C=O) groups excluding carboxylic acids is 2. The number of azo groups is 1. The van der Waals surface area contributed by atoms with Gasteiger partial charge in [0.25, 0.3) is 5.91 Å². The Balaban J connectivity index is 2.46. The summed E-state index contributed by atoms with van der Waals surface area (Å²) >= 11 is 12.5. The Morgan fingerprint density at radius 1 is 1.00 bits per heavy atom. The quantitative estimate of drug-likeness (QED) is 0.234. The van der Waals surface area contributed by atoms with Gasteiger partial charge in [0.05, 0.1) is 32.5 Å². The lowest BCUT2D eigenvalue weighted by atomic mass is 10.2. The van der Waals surface area contributed by atoms with E-state index < -0.39 is 17.7 Å². The van der Waals surface area contributed by atoms with Gasteiger partial charge in [0.15, 0.2) is 17.3 Å². The first-order chi connectivity index (χ1) is 15.8. The Hall–Kier alpha value is -3.04. The zero-order valence-electron chi connectivity index (χ0n) is 18.9. The first-order valence-electron chi connectivity index (χ1n) is 10.0. The normalized spacial score (nSPS) is 11.7. The first-order valence-corrected chi connectivity index (χ1v) is 10.7. The second-order valence-electron chi connectivity index (χ2n) is 6.45. The van der Waals surface area contributed by atoms with E-state index in [1.807, 2.05) is 0 Å². The molecule has 0 fully saturated rings.